The fraction of sp³-hybridized carbons (Fsp3) is 0.238. The summed E-state index contributed by atoms with van der Waals surface area (Å²) < 4.78 is 24.1. The molecule has 0 saturated heterocycles. The van der Waals surface area contributed by atoms with Crippen LogP contribution in [0.3, 0.4) is 0 Å². The molecule has 0 aliphatic rings. The van der Waals surface area contributed by atoms with Crippen LogP contribution >= 0.6 is 11.3 Å². The molecule has 1 heterocycles. The number of amides is 1. The van der Waals surface area contributed by atoms with Gasteiger partial charge in [0.05, 0.1) is 39.7 Å². The Labute approximate surface area is 172 Å². The second-order valence-corrected chi connectivity index (χ2v) is 6.82. The van der Waals surface area contributed by atoms with Gasteiger partial charge < -0.3 is 23.5 Å². The predicted octanol–water partition coefficient (Wildman–Crippen LogP) is 3.11. The molecular formula is C21H20N2O5S. The summed E-state index contributed by atoms with van der Waals surface area (Å²) in [4.78, 5) is 17.7. The third kappa shape index (κ3) is 3.77. The molecule has 1 aromatic heterocycles. The molecule has 150 valence electrons. The first-order chi connectivity index (χ1) is 14.1. The highest BCUT2D eigenvalue weighted by Crippen LogP contribution is 2.38. The third-order valence-electron chi connectivity index (χ3n) is 4.24. The van der Waals surface area contributed by atoms with Crippen LogP contribution in [0.4, 0.5) is 0 Å². The van der Waals surface area contributed by atoms with Gasteiger partial charge >= 0.3 is 0 Å². The molecule has 0 atom stereocenters. The van der Waals surface area contributed by atoms with Crippen LogP contribution in [-0.4, -0.2) is 38.9 Å². The second kappa shape index (κ2) is 8.71. The average molecular weight is 412 g/mol. The van der Waals surface area contributed by atoms with E-state index in [0.717, 1.165) is 10.2 Å². The van der Waals surface area contributed by atoms with Crippen molar-refractivity contribution in [1.29, 1.82) is 0 Å². The van der Waals surface area contributed by atoms with Gasteiger partial charge in [-0.1, -0.05) is 23.3 Å². The van der Waals surface area contributed by atoms with Gasteiger partial charge in [-0.25, -0.2) is 0 Å². The predicted molar refractivity (Wildman–Crippen MR) is 111 cm³/mol. The SMILES string of the molecule is C#CCn1c(=NC(=O)c2cc(OC)c(OC)c(OC)c2)sc2cccc(OC)c21. The molecule has 0 fully saturated rings. The second-order valence-electron chi connectivity index (χ2n) is 5.81. The molecule has 0 bridgehead atoms. The maximum atomic E-state index is 12.9. The van der Waals surface area contributed by atoms with E-state index in [2.05, 4.69) is 10.9 Å². The fourth-order valence-electron chi connectivity index (χ4n) is 2.94. The monoisotopic (exact) mass is 412 g/mol. The Morgan fingerprint density at radius 2 is 1.72 bits per heavy atom. The van der Waals surface area contributed by atoms with Gasteiger partial charge in [0, 0.05) is 5.56 Å². The molecule has 0 unspecified atom stereocenters. The van der Waals surface area contributed by atoms with Crippen LogP contribution < -0.4 is 23.7 Å². The maximum Gasteiger partial charge on any atom is 0.279 e. The zero-order valence-electron chi connectivity index (χ0n) is 16.5. The third-order valence-corrected chi connectivity index (χ3v) is 5.29. The normalized spacial score (nSPS) is 11.2. The van der Waals surface area contributed by atoms with Gasteiger partial charge in [-0.3, -0.25) is 4.79 Å². The lowest BCUT2D eigenvalue weighted by atomic mass is 10.1. The Kier molecular flexibility index (Phi) is 6.10. The Morgan fingerprint density at radius 1 is 1.07 bits per heavy atom. The van der Waals surface area contributed by atoms with Crippen LogP contribution in [-0.2, 0) is 6.54 Å². The zero-order valence-corrected chi connectivity index (χ0v) is 17.3. The standard InChI is InChI=1S/C21H20N2O5S/c1-6-10-23-18-14(25-2)8-7-9-17(18)29-21(23)22-20(24)13-11-15(26-3)19(28-5)16(12-13)27-4/h1,7-9,11-12H,10H2,2-5H3. The summed E-state index contributed by atoms with van der Waals surface area (Å²) in [6.45, 7) is 0.252. The molecule has 0 spiro atoms. The quantitative estimate of drug-likeness (QED) is 0.582. The summed E-state index contributed by atoms with van der Waals surface area (Å²) in [5.41, 5.74) is 1.10. The molecule has 0 N–H and O–H groups in total. The van der Waals surface area contributed by atoms with E-state index in [0.29, 0.717) is 33.4 Å². The number of terminal acetylenes is 1. The van der Waals surface area contributed by atoms with Gasteiger partial charge in [-0.15, -0.1) is 6.42 Å². The van der Waals surface area contributed by atoms with Gasteiger partial charge in [0.25, 0.3) is 5.91 Å². The number of benzene rings is 2. The number of carbonyl (C=O) groups excluding carboxylic acids is 1. The van der Waals surface area contributed by atoms with Crippen molar-refractivity contribution in [3.63, 3.8) is 0 Å². The first-order valence-corrected chi connectivity index (χ1v) is 9.38. The van der Waals surface area contributed by atoms with E-state index in [1.165, 1.54) is 32.7 Å². The molecule has 0 aliphatic heterocycles. The molecule has 2 aromatic carbocycles. The molecule has 29 heavy (non-hydrogen) atoms. The number of methoxy groups -OCH3 is 4. The Morgan fingerprint density at radius 3 is 2.28 bits per heavy atom. The molecule has 3 aromatic rings. The number of hydrogen-bond acceptors (Lipinski definition) is 6. The molecule has 1 amide bonds. The van der Waals surface area contributed by atoms with Crippen molar-refractivity contribution in [1.82, 2.24) is 4.57 Å². The van der Waals surface area contributed by atoms with Gasteiger partial charge in [-0.05, 0) is 24.3 Å². The lowest BCUT2D eigenvalue weighted by Crippen LogP contribution is -2.17. The number of aromatic nitrogens is 1. The Balaban J connectivity index is 2.18. The minimum absolute atomic E-state index is 0.252. The summed E-state index contributed by atoms with van der Waals surface area (Å²) in [6, 6.07) is 8.77. The minimum atomic E-state index is -0.458. The van der Waals surface area contributed by atoms with Crippen LogP contribution in [0.1, 0.15) is 10.4 Å². The number of hydrogen-bond donors (Lipinski definition) is 0. The first-order valence-electron chi connectivity index (χ1n) is 8.56. The number of thiazole rings is 1. The van der Waals surface area contributed by atoms with Crippen molar-refractivity contribution in [3.8, 4) is 35.3 Å². The molecular weight excluding hydrogens is 392 g/mol. The maximum absolute atomic E-state index is 12.9. The number of ether oxygens (including phenoxy) is 4. The average Bonchev–Trinajstić information content (AvgIpc) is 3.09. The minimum Gasteiger partial charge on any atom is -0.495 e. The van der Waals surface area contributed by atoms with Crippen molar-refractivity contribution in [2.45, 2.75) is 6.54 Å². The van der Waals surface area contributed by atoms with Gasteiger partial charge in [0.15, 0.2) is 16.3 Å². The van der Waals surface area contributed by atoms with Crippen LogP contribution in [0.25, 0.3) is 10.2 Å². The van der Waals surface area contributed by atoms with E-state index in [-0.39, 0.29) is 6.54 Å². The van der Waals surface area contributed by atoms with Crippen LogP contribution in [0.5, 0.6) is 23.0 Å². The van der Waals surface area contributed by atoms with Crippen molar-refractivity contribution in [2.75, 3.05) is 28.4 Å². The largest absolute Gasteiger partial charge is 0.495 e. The molecule has 0 saturated carbocycles. The van der Waals surface area contributed by atoms with E-state index in [4.69, 9.17) is 25.4 Å². The van der Waals surface area contributed by atoms with E-state index in [1.54, 1.807) is 23.8 Å². The lowest BCUT2D eigenvalue weighted by molar-refractivity contribution is 0.0997. The summed E-state index contributed by atoms with van der Waals surface area (Å²) in [7, 11) is 6.06. The highest BCUT2D eigenvalue weighted by molar-refractivity contribution is 7.16. The zero-order chi connectivity index (χ0) is 21.0. The van der Waals surface area contributed by atoms with Crippen molar-refractivity contribution in [3.05, 3.63) is 40.7 Å². The molecule has 3 rings (SSSR count). The topological polar surface area (TPSA) is 71.3 Å². The molecule has 0 radical (unpaired) electrons. The molecule has 0 aliphatic carbocycles. The highest BCUT2D eigenvalue weighted by atomic mass is 32.1. The van der Waals surface area contributed by atoms with Crippen LogP contribution in [0, 0.1) is 12.3 Å². The lowest BCUT2D eigenvalue weighted by Gasteiger charge is -2.12. The first kappa shape index (κ1) is 20.3. The summed E-state index contributed by atoms with van der Waals surface area (Å²) >= 11 is 1.36. The Hall–Kier alpha value is -3.44. The van der Waals surface area contributed by atoms with E-state index in [1.807, 2.05) is 18.2 Å². The van der Waals surface area contributed by atoms with Crippen molar-refractivity contribution >= 4 is 27.5 Å². The van der Waals surface area contributed by atoms with Crippen molar-refractivity contribution < 1.29 is 23.7 Å². The number of nitrogens with zero attached hydrogens (tertiary/aromatic N) is 2. The van der Waals surface area contributed by atoms with Crippen molar-refractivity contribution in [2.24, 2.45) is 4.99 Å². The number of fused-ring (bicyclic) bond motifs is 1. The fourth-order valence-corrected chi connectivity index (χ4v) is 3.99. The van der Waals surface area contributed by atoms with Gasteiger partial charge in [0.2, 0.25) is 5.75 Å². The highest BCUT2D eigenvalue weighted by Gasteiger charge is 2.18. The molecule has 8 heteroatoms. The summed E-state index contributed by atoms with van der Waals surface area (Å²) in [6.07, 6.45) is 5.54. The van der Waals surface area contributed by atoms with Crippen LogP contribution in [0.2, 0.25) is 0 Å². The molecule has 7 nitrogen and oxygen atoms in total. The van der Waals surface area contributed by atoms with E-state index >= 15 is 0 Å². The summed E-state index contributed by atoms with van der Waals surface area (Å²) in [5.74, 6) is 3.96. The number of rotatable bonds is 6. The van der Waals surface area contributed by atoms with Gasteiger partial charge in [0.1, 0.15) is 11.3 Å². The summed E-state index contributed by atoms with van der Waals surface area (Å²) in [5, 5.41) is 0. The number of carbonyl (C=O) groups is 1. The number of para-hydroxylation sites is 1. The van der Waals surface area contributed by atoms with Gasteiger partial charge in [-0.2, -0.15) is 4.99 Å². The smallest absolute Gasteiger partial charge is 0.279 e. The van der Waals surface area contributed by atoms with E-state index in [9.17, 15) is 4.79 Å². The van der Waals surface area contributed by atoms with Crippen LogP contribution in [0.15, 0.2) is 35.3 Å². The Bertz CT molecular complexity index is 1150. The van der Waals surface area contributed by atoms with E-state index < -0.39 is 5.91 Å².